The average molecular weight is 313 g/mol. The van der Waals surface area contributed by atoms with Gasteiger partial charge in [-0.05, 0) is 42.9 Å². The standard InChI is InChI=1S/C17H19N3OS/c1-2-10-6-7-11-13(9-10)22-17-14(11)16(21)19-15(20-17)12-5-3-4-8-18-12/h3-5,8,10,15,20H,2,6-7,9H2,1H3,(H,19,21)/t10-,15+/m0/s1. The van der Waals surface area contributed by atoms with Crippen molar-refractivity contribution in [2.24, 2.45) is 5.92 Å². The van der Waals surface area contributed by atoms with Crippen LogP contribution in [-0.4, -0.2) is 10.9 Å². The quantitative estimate of drug-likeness (QED) is 0.892. The van der Waals surface area contributed by atoms with Crippen LogP contribution in [0, 0.1) is 5.92 Å². The molecule has 0 radical (unpaired) electrons. The van der Waals surface area contributed by atoms with Crippen LogP contribution in [0.3, 0.4) is 0 Å². The van der Waals surface area contributed by atoms with E-state index in [9.17, 15) is 4.79 Å². The zero-order valence-electron chi connectivity index (χ0n) is 12.6. The summed E-state index contributed by atoms with van der Waals surface area (Å²) in [7, 11) is 0. The maximum Gasteiger partial charge on any atom is 0.256 e. The van der Waals surface area contributed by atoms with Gasteiger partial charge in [-0.15, -0.1) is 11.3 Å². The Bertz CT molecular complexity index is 710. The van der Waals surface area contributed by atoms with E-state index in [4.69, 9.17) is 0 Å². The van der Waals surface area contributed by atoms with Crippen LogP contribution < -0.4 is 10.6 Å². The van der Waals surface area contributed by atoms with E-state index in [1.165, 1.54) is 23.3 Å². The first kappa shape index (κ1) is 13.8. The third-order valence-corrected chi connectivity index (χ3v) is 5.89. The lowest BCUT2D eigenvalue weighted by Gasteiger charge is -2.26. The highest BCUT2D eigenvalue weighted by Gasteiger charge is 2.33. The Kier molecular flexibility index (Phi) is 3.37. The Balaban J connectivity index is 1.68. The van der Waals surface area contributed by atoms with Gasteiger partial charge in [0.1, 0.15) is 11.2 Å². The van der Waals surface area contributed by atoms with Gasteiger partial charge in [-0.3, -0.25) is 9.78 Å². The van der Waals surface area contributed by atoms with Gasteiger partial charge in [-0.25, -0.2) is 0 Å². The number of anilines is 1. The summed E-state index contributed by atoms with van der Waals surface area (Å²) in [5.41, 5.74) is 3.00. The van der Waals surface area contributed by atoms with E-state index in [-0.39, 0.29) is 12.1 Å². The number of carbonyl (C=O) groups is 1. The minimum atomic E-state index is -0.233. The topological polar surface area (TPSA) is 54.0 Å². The molecule has 2 N–H and O–H groups in total. The summed E-state index contributed by atoms with van der Waals surface area (Å²) in [6, 6.07) is 5.76. The maximum absolute atomic E-state index is 12.6. The van der Waals surface area contributed by atoms with Crippen molar-refractivity contribution < 1.29 is 4.79 Å². The molecule has 5 heteroatoms. The van der Waals surface area contributed by atoms with Crippen molar-refractivity contribution in [1.82, 2.24) is 10.3 Å². The van der Waals surface area contributed by atoms with Crippen LogP contribution in [0.5, 0.6) is 0 Å². The van der Waals surface area contributed by atoms with E-state index < -0.39 is 0 Å². The highest BCUT2D eigenvalue weighted by atomic mass is 32.1. The molecule has 4 rings (SSSR count). The lowest BCUT2D eigenvalue weighted by Crippen LogP contribution is -2.38. The minimum absolute atomic E-state index is 0.0388. The van der Waals surface area contributed by atoms with Gasteiger partial charge >= 0.3 is 0 Å². The van der Waals surface area contributed by atoms with Gasteiger partial charge in [-0.1, -0.05) is 19.4 Å². The van der Waals surface area contributed by atoms with Crippen LogP contribution in [0.2, 0.25) is 0 Å². The van der Waals surface area contributed by atoms with E-state index >= 15 is 0 Å². The zero-order valence-corrected chi connectivity index (χ0v) is 13.4. The first-order valence-electron chi connectivity index (χ1n) is 7.89. The summed E-state index contributed by atoms with van der Waals surface area (Å²) >= 11 is 1.76. The van der Waals surface area contributed by atoms with Gasteiger partial charge < -0.3 is 10.6 Å². The third kappa shape index (κ3) is 2.20. The van der Waals surface area contributed by atoms with Gasteiger partial charge in [-0.2, -0.15) is 0 Å². The first-order valence-corrected chi connectivity index (χ1v) is 8.70. The monoisotopic (exact) mass is 313 g/mol. The predicted octanol–water partition coefficient (Wildman–Crippen LogP) is 3.51. The average Bonchev–Trinajstić information content (AvgIpc) is 2.93. The number of fused-ring (bicyclic) bond motifs is 3. The number of carbonyl (C=O) groups excluding carboxylic acids is 1. The minimum Gasteiger partial charge on any atom is -0.351 e. The summed E-state index contributed by atoms with van der Waals surface area (Å²) in [6.07, 6.45) is 6.09. The van der Waals surface area contributed by atoms with E-state index in [2.05, 4.69) is 22.5 Å². The second kappa shape index (κ2) is 5.39. The van der Waals surface area contributed by atoms with Crippen LogP contribution in [-0.2, 0) is 12.8 Å². The van der Waals surface area contributed by atoms with Crippen molar-refractivity contribution in [3.8, 4) is 0 Å². The summed E-state index contributed by atoms with van der Waals surface area (Å²) in [6.45, 7) is 2.26. The smallest absolute Gasteiger partial charge is 0.256 e. The second-order valence-corrected chi connectivity index (χ2v) is 7.14. The van der Waals surface area contributed by atoms with Crippen molar-refractivity contribution in [1.29, 1.82) is 0 Å². The molecule has 22 heavy (non-hydrogen) atoms. The molecule has 2 aliphatic rings. The number of thiophene rings is 1. The van der Waals surface area contributed by atoms with Crippen molar-refractivity contribution >= 4 is 22.2 Å². The number of amides is 1. The molecule has 0 saturated heterocycles. The SMILES string of the molecule is CC[C@H]1CCc2c(sc3c2C(=O)N[C@@H](c2ccccn2)N3)C1. The molecule has 1 amide bonds. The molecule has 0 bridgehead atoms. The molecule has 1 aliphatic carbocycles. The third-order valence-electron chi connectivity index (χ3n) is 4.71. The Hall–Kier alpha value is -1.88. The van der Waals surface area contributed by atoms with Gasteiger partial charge in [0.15, 0.2) is 0 Å². The summed E-state index contributed by atoms with van der Waals surface area (Å²) in [4.78, 5) is 18.3. The molecule has 0 aromatic carbocycles. The fourth-order valence-corrected chi connectivity index (χ4v) is 4.80. The summed E-state index contributed by atoms with van der Waals surface area (Å²) in [5.74, 6) is 0.805. The molecule has 114 valence electrons. The Morgan fingerprint density at radius 3 is 3.05 bits per heavy atom. The fraction of sp³-hybridized carbons (Fsp3) is 0.412. The fourth-order valence-electron chi connectivity index (χ4n) is 3.41. The largest absolute Gasteiger partial charge is 0.351 e. The number of nitrogens with zero attached hydrogens (tertiary/aromatic N) is 1. The Labute approximate surface area is 134 Å². The molecule has 1 aliphatic heterocycles. The summed E-state index contributed by atoms with van der Waals surface area (Å²) in [5, 5.41) is 7.52. The van der Waals surface area contributed by atoms with E-state index in [1.807, 2.05) is 18.2 Å². The van der Waals surface area contributed by atoms with Crippen LogP contribution in [0.1, 0.15) is 52.4 Å². The lowest BCUT2D eigenvalue weighted by molar-refractivity contribution is 0.0934. The number of hydrogen-bond acceptors (Lipinski definition) is 4. The van der Waals surface area contributed by atoms with Gasteiger partial charge in [0.05, 0.1) is 11.3 Å². The van der Waals surface area contributed by atoms with Crippen LogP contribution in [0.25, 0.3) is 0 Å². The lowest BCUT2D eigenvalue weighted by atomic mass is 9.85. The molecular weight excluding hydrogens is 294 g/mol. The van der Waals surface area contributed by atoms with Crippen LogP contribution in [0.4, 0.5) is 5.00 Å². The Morgan fingerprint density at radius 2 is 2.27 bits per heavy atom. The first-order chi connectivity index (χ1) is 10.8. The molecule has 0 spiro atoms. The van der Waals surface area contributed by atoms with Crippen molar-refractivity contribution in [3.05, 3.63) is 46.1 Å². The number of pyridine rings is 1. The van der Waals surface area contributed by atoms with E-state index in [0.717, 1.165) is 35.0 Å². The number of hydrogen-bond donors (Lipinski definition) is 2. The zero-order chi connectivity index (χ0) is 15.1. The highest BCUT2D eigenvalue weighted by Crippen LogP contribution is 2.42. The summed E-state index contributed by atoms with van der Waals surface area (Å²) < 4.78 is 0. The molecule has 3 heterocycles. The second-order valence-electron chi connectivity index (χ2n) is 6.03. The van der Waals surface area contributed by atoms with Crippen molar-refractivity contribution in [2.75, 3.05) is 5.32 Å². The molecule has 0 fully saturated rings. The van der Waals surface area contributed by atoms with Gasteiger partial charge in [0.25, 0.3) is 5.91 Å². The van der Waals surface area contributed by atoms with Gasteiger partial charge in [0, 0.05) is 11.1 Å². The molecule has 2 aromatic rings. The van der Waals surface area contributed by atoms with Crippen molar-refractivity contribution in [2.45, 2.75) is 38.8 Å². The number of rotatable bonds is 2. The maximum atomic E-state index is 12.6. The van der Waals surface area contributed by atoms with E-state index in [1.54, 1.807) is 17.5 Å². The predicted molar refractivity (Wildman–Crippen MR) is 88.2 cm³/mol. The highest BCUT2D eigenvalue weighted by molar-refractivity contribution is 7.16. The van der Waals surface area contributed by atoms with Gasteiger partial charge in [0.2, 0.25) is 0 Å². The Morgan fingerprint density at radius 1 is 1.36 bits per heavy atom. The molecular formula is C17H19N3OS. The number of nitrogens with one attached hydrogen (secondary N) is 2. The van der Waals surface area contributed by atoms with Crippen molar-refractivity contribution in [3.63, 3.8) is 0 Å². The molecule has 4 nitrogen and oxygen atoms in total. The number of aromatic nitrogens is 1. The van der Waals surface area contributed by atoms with Crippen LogP contribution >= 0.6 is 11.3 Å². The molecule has 2 atom stereocenters. The van der Waals surface area contributed by atoms with E-state index in [0.29, 0.717) is 0 Å². The molecule has 0 saturated carbocycles. The molecule has 2 aromatic heterocycles. The van der Waals surface area contributed by atoms with Crippen LogP contribution in [0.15, 0.2) is 24.4 Å². The molecule has 0 unspecified atom stereocenters. The normalized spacial score (nSPS) is 23.2.